The average Bonchev–Trinajstić information content (AvgIpc) is 2.40. The summed E-state index contributed by atoms with van der Waals surface area (Å²) < 4.78 is 5.62. The lowest BCUT2D eigenvalue weighted by Gasteiger charge is -2.08. The van der Waals surface area contributed by atoms with Gasteiger partial charge in [-0.2, -0.15) is 0 Å². The highest BCUT2D eigenvalue weighted by Crippen LogP contribution is 2.21. The summed E-state index contributed by atoms with van der Waals surface area (Å²) in [7, 11) is 0. The quantitative estimate of drug-likeness (QED) is 0.859. The van der Waals surface area contributed by atoms with Crippen LogP contribution in [0.25, 0.3) is 0 Å². The van der Waals surface area contributed by atoms with Crippen molar-refractivity contribution in [3.05, 3.63) is 57.8 Å². The van der Waals surface area contributed by atoms with E-state index in [9.17, 15) is 0 Å². The summed E-state index contributed by atoms with van der Waals surface area (Å²) in [5.41, 5.74) is 1.85. The molecule has 0 spiro atoms. The third kappa shape index (κ3) is 4.10. The predicted molar refractivity (Wildman–Crippen MR) is 75.8 cm³/mol. The van der Waals surface area contributed by atoms with Crippen molar-refractivity contribution in [3.63, 3.8) is 0 Å². The minimum Gasteiger partial charge on any atom is -0.489 e. The highest BCUT2D eigenvalue weighted by molar-refractivity contribution is 6.34. The van der Waals surface area contributed by atoms with Crippen molar-refractivity contribution in [1.82, 2.24) is 4.98 Å². The van der Waals surface area contributed by atoms with Crippen molar-refractivity contribution in [1.29, 1.82) is 0 Å². The average molecular weight is 298 g/mol. The molecular formula is C14H13Cl2NO2. The van der Waals surface area contributed by atoms with Gasteiger partial charge < -0.3 is 9.84 Å². The van der Waals surface area contributed by atoms with Gasteiger partial charge in [-0.15, -0.1) is 0 Å². The van der Waals surface area contributed by atoms with Crippen LogP contribution >= 0.6 is 23.2 Å². The molecular weight excluding hydrogens is 285 g/mol. The van der Waals surface area contributed by atoms with Gasteiger partial charge in [-0.05, 0) is 30.2 Å². The highest BCUT2D eigenvalue weighted by atomic mass is 35.5. The second-order valence-corrected chi connectivity index (χ2v) is 4.80. The molecule has 0 fully saturated rings. The Hall–Kier alpha value is -1.29. The van der Waals surface area contributed by atoms with Crippen LogP contribution in [0.2, 0.25) is 10.2 Å². The first-order chi connectivity index (χ1) is 9.19. The second kappa shape index (κ2) is 6.75. The maximum absolute atomic E-state index is 8.83. The number of aromatic nitrogens is 1. The fraction of sp³-hybridized carbons (Fsp3) is 0.214. The molecule has 0 aliphatic heterocycles. The molecule has 19 heavy (non-hydrogen) atoms. The van der Waals surface area contributed by atoms with Crippen LogP contribution in [0, 0.1) is 0 Å². The van der Waals surface area contributed by atoms with E-state index in [0.29, 0.717) is 23.2 Å². The first kappa shape index (κ1) is 14.1. The number of rotatable bonds is 5. The molecule has 2 aromatic rings. The molecule has 0 atom stereocenters. The number of nitrogens with zero attached hydrogens (tertiary/aromatic N) is 1. The number of benzene rings is 1. The van der Waals surface area contributed by atoms with E-state index in [0.717, 1.165) is 16.9 Å². The lowest BCUT2D eigenvalue weighted by Crippen LogP contribution is -1.98. The Kier molecular flexibility index (Phi) is 5.02. The first-order valence-electron chi connectivity index (χ1n) is 5.81. The third-order valence-corrected chi connectivity index (χ3v) is 3.17. The number of pyridine rings is 1. The van der Waals surface area contributed by atoms with Crippen LogP contribution in [0.3, 0.4) is 0 Å². The van der Waals surface area contributed by atoms with Gasteiger partial charge in [0.05, 0.1) is 5.02 Å². The summed E-state index contributed by atoms with van der Waals surface area (Å²) in [6, 6.07) is 9.16. The van der Waals surface area contributed by atoms with Gasteiger partial charge in [-0.1, -0.05) is 35.3 Å². The molecule has 0 saturated heterocycles. The Labute approximate surface area is 121 Å². The van der Waals surface area contributed by atoms with Crippen LogP contribution in [-0.2, 0) is 13.0 Å². The van der Waals surface area contributed by atoms with Gasteiger partial charge in [0.2, 0.25) is 0 Å². The summed E-state index contributed by atoms with van der Waals surface area (Å²) in [4.78, 5) is 3.96. The van der Waals surface area contributed by atoms with E-state index in [1.165, 1.54) is 0 Å². The molecule has 2 rings (SSSR count). The third-order valence-electron chi connectivity index (χ3n) is 2.61. The number of halogens is 2. The topological polar surface area (TPSA) is 42.4 Å². The molecule has 3 nitrogen and oxygen atoms in total. The summed E-state index contributed by atoms with van der Waals surface area (Å²) in [6.07, 6.45) is 2.25. The normalized spacial score (nSPS) is 10.5. The van der Waals surface area contributed by atoms with Gasteiger partial charge in [-0.3, -0.25) is 0 Å². The van der Waals surface area contributed by atoms with E-state index in [2.05, 4.69) is 4.98 Å². The Morgan fingerprint density at radius 3 is 2.53 bits per heavy atom. The number of hydrogen-bond acceptors (Lipinski definition) is 3. The standard InChI is InChI=1S/C14H13Cl2NO2/c15-13-7-14(16)17-8-11(13)9-19-12-3-1-10(2-4-12)5-6-18/h1-4,7-8,18H,5-6,9H2. The minimum absolute atomic E-state index is 0.145. The SMILES string of the molecule is OCCc1ccc(OCc2cnc(Cl)cc2Cl)cc1. The van der Waals surface area contributed by atoms with Crippen molar-refractivity contribution >= 4 is 23.2 Å². The van der Waals surface area contributed by atoms with Gasteiger partial charge in [0, 0.05) is 18.4 Å². The first-order valence-corrected chi connectivity index (χ1v) is 6.57. The summed E-state index contributed by atoms with van der Waals surface area (Å²) in [5.74, 6) is 0.743. The highest BCUT2D eigenvalue weighted by Gasteiger charge is 2.03. The monoisotopic (exact) mass is 297 g/mol. The van der Waals surface area contributed by atoms with Crippen LogP contribution in [0.5, 0.6) is 5.75 Å². The van der Waals surface area contributed by atoms with Crippen molar-refractivity contribution in [2.75, 3.05) is 6.61 Å². The number of hydrogen-bond donors (Lipinski definition) is 1. The lowest BCUT2D eigenvalue weighted by atomic mass is 10.1. The Morgan fingerprint density at radius 2 is 1.89 bits per heavy atom. The summed E-state index contributed by atoms with van der Waals surface area (Å²) in [5, 5.41) is 9.73. The molecule has 1 N–H and O–H groups in total. The second-order valence-electron chi connectivity index (χ2n) is 4.00. The molecule has 1 heterocycles. The van der Waals surface area contributed by atoms with Crippen LogP contribution < -0.4 is 4.74 Å². The summed E-state index contributed by atoms with van der Waals surface area (Å²) >= 11 is 11.8. The molecule has 0 saturated carbocycles. The molecule has 0 radical (unpaired) electrons. The smallest absolute Gasteiger partial charge is 0.130 e. The molecule has 5 heteroatoms. The van der Waals surface area contributed by atoms with E-state index in [1.807, 2.05) is 24.3 Å². The zero-order chi connectivity index (χ0) is 13.7. The van der Waals surface area contributed by atoms with Crippen molar-refractivity contribution in [2.45, 2.75) is 13.0 Å². The van der Waals surface area contributed by atoms with Crippen LogP contribution in [0.4, 0.5) is 0 Å². The molecule has 1 aromatic carbocycles. The summed E-state index contributed by atoms with van der Waals surface area (Å²) in [6.45, 7) is 0.481. The maximum atomic E-state index is 8.83. The zero-order valence-electron chi connectivity index (χ0n) is 10.1. The lowest BCUT2D eigenvalue weighted by molar-refractivity contribution is 0.298. The van der Waals surface area contributed by atoms with Crippen LogP contribution in [0.1, 0.15) is 11.1 Å². The van der Waals surface area contributed by atoms with Gasteiger partial charge >= 0.3 is 0 Å². The predicted octanol–water partition coefficient (Wildman–Crippen LogP) is 3.50. The Morgan fingerprint density at radius 1 is 1.16 bits per heavy atom. The molecule has 0 unspecified atom stereocenters. The van der Waals surface area contributed by atoms with Gasteiger partial charge in [-0.25, -0.2) is 4.98 Å². The fourth-order valence-corrected chi connectivity index (χ4v) is 2.00. The van der Waals surface area contributed by atoms with E-state index >= 15 is 0 Å². The molecule has 1 aromatic heterocycles. The van der Waals surface area contributed by atoms with Gasteiger partial charge in [0.1, 0.15) is 17.5 Å². The zero-order valence-corrected chi connectivity index (χ0v) is 11.7. The Bertz CT molecular complexity index is 544. The minimum atomic E-state index is 0.145. The van der Waals surface area contributed by atoms with E-state index in [4.69, 9.17) is 33.0 Å². The van der Waals surface area contributed by atoms with Crippen molar-refractivity contribution in [3.8, 4) is 5.75 Å². The molecule has 0 aliphatic carbocycles. The van der Waals surface area contributed by atoms with Gasteiger partial charge in [0.25, 0.3) is 0 Å². The number of ether oxygens (including phenoxy) is 1. The molecule has 0 bridgehead atoms. The molecule has 0 amide bonds. The van der Waals surface area contributed by atoms with Crippen molar-refractivity contribution < 1.29 is 9.84 Å². The number of aliphatic hydroxyl groups is 1. The molecule has 0 aliphatic rings. The van der Waals surface area contributed by atoms with E-state index in [-0.39, 0.29) is 6.61 Å². The van der Waals surface area contributed by atoms with E-state index in [1.54, 1.807) is 12.3 Å². The van der Waals surface area contributed by atoms with E-state index < -0.39 is 0 Å². The largest absolute Gasteiger partial charge is 0.489 e. The van der Waals surface area contributed by atoms with Gasteiger partial charge in [0.15, 0.2) is 0 Å². The number of aliphatic hydroxyl groups excluding tert-OH is 1. The van der Waals surface area contributed by atoms with Crippen LogP contribution in [-0.4, -0.2) is 16.7 Å². The fourth-order valence-electron chi connectivity index (χ4n) is 1.58. The maximum Gasteiger partial charge on any atom is 0.130 e. The molecule has 100 valence electrons. The van der Waals surface area contributed by atoms with Crippen molar-refractivity contribution in [2.24, 2.45) is 0 Å². The van der Waals surface area contributed by atoms with Crippen LogP contribution in [0.15, 0.2) is 36.5 Å². The Balaban J connectivity index is 1.98.